The highest BCUT2D eigenvalue weighted by Gasteiger charge is 2.37. The van der Waals surface area contributed by atoms with Crippen LogP contribution in [0.4, 0.5) is 5.69 Å². The number of hydrogen-bond acceptors (Lipinski definition) is 5. The lowest BCUT2D eigenvalue weighted by Gasteiger charge is -2.33. The molecule has 3 heterocycles. The molecule has 0 radical (unpaired) electrons. The summed E-state index contributed by atoms with van der Waals surface area (Å²) in [4.78, 5) is 37.5. The van der Waals surface area contributed by atoms with Crippen molar-refractivity contribution in [2.75, 3.05) is 11.4 Å². The molecule has 2 N–H and O–H groups in total. The second-order valence-corrected chi connectivity index (χ2v) is 9.92. The molecule has 7 nitrogen and oxygen atoms in total. The van der Waals surface area contributed by atoms with E-state index in [0.29, 0.717) is 17.8 Å². The Bertz CT molecular complexity index is 1120. The molecule has 1 fully saturated rings. The molecule has 2 unspecified atom stereocenters. The Morgan fingerprint density at radius 1 is 1.06 bits per heavy atom. The van der Waals surface area contributed by atoms with E-state index in [1.165, 1.54) is 0 Å². The second kappa shape index (κ2) is 10.8. The van der Waals surface area contributed by atoms with Gasteiger partial charge in [0.25, 0.3) is 0 Å². The summed E-state index contributed by atoms with van der Waals surface area (Å²) in [5.41, 5.74) is 3.41. The summed E-state index contributed by atoms with van der Waals surface area (Å²) >= 11 is 0. The Hall–Kier alpha value is -3.58. The molecule has 1 saturated heterocycles. The van der Waals surface area contributed by atoms with E-state index < -0.39 is 6.04 Å². The molecule has 1 aromatic carbocycles. The zero-order valence-corrected chi connectivity index (χ0v) is 20.6. The minimum atomic E-state index is -0.860. The normalized spacial score (nSPS) is 16.5. The molecule has 2 aromatic heterocycles. The van der Waals surface area contributed by atoms with Gasteiger partial charge in [0.15, 0.2) is 0 Å². The number of hydrogen-bond donors (Lipinski definition) is 2. The van der Waals surface area contributed by atoms with E-state index in [0.717, 1.165) is 30.5 Å². The van der Waals surface area contributed by atoms with Gasteiger partial charge >= 0.3 is 0 Å². The standard InChI is InChI=1S/C28H33N5O2/c1-28(2,3)22-8-10-23(11-9-22)33(27(35)24-7-5-15-31-24)25(21-6-4-14-30-19-21)26(34)32-18-20-12-16-29-17-13-20/h4,6,8-14,16-17,19,24-25,31H,5,7,15,18H2,1-3H3,(H,32,34). The zero-order valence-electron chi connectivity index (χ0n) is 20.6. The smallest absolute Gasteiger partial charge is 0.248 e. The number of amides is 2. The molecule has 1 aliphatic rings. The average molecular weight is 472 g/mol. The van der Waals surface area contributed by atoms with Crippen LogP contribution in [0.25, 0.3) is 0 Å². The first-order chi connectivity index (χ1) is 16.8. The van der Waals surface area contributed by atoms with Crippen LogP contribution in [-0.2, 0) is 21.5 Å². The Balaban J connectivity index is 1.73. The predicted molar refractivity (Wildman–Crippen MR) is 137 cm³/mol. The Labute approximate surface area is 207 Å². The third-order valence-electron chi connectivity index (χ3n) is 6.33. The molecule has 182 valence electrons. The number of pyridine rings is 2. The maximum atomic E-state index is 13.9. The molecule has 0 saturated carbocycles. The van der Waals surface area contributed by atoms with Gasteiger partial charge in [0.2, 0.25) is 11.8 Å². The zero-order chi connectivity index (χ0) is 24.8. The molecule has 3 aromatic rings. The molecule has 2 atom stereocenters. The lowest BCUT2D eigenvalue weighted by Crippen LogP contribution is -2.50. The Morgan fingerprint density at radius 3 is 2.40 bits per heavy atom. The third kappa shape index (κ3) is 5.92. The first-order valence-corrected chi connectivity index (χ1v) is 12.1. The van der Waals surface area contributed by atoms with Crippen LogP contribution in [-0.4, -0.2) is 34.4 Å². The summed E-state index contributed by atoms with van der Waals surface area (Å²) in [5, 5.41) is 6.32. The van der Waals surface area contributed by atoms with Crippen molar-refractivity contribution in [1.82, 2.24) is 20.6 Å². The number of aromatic nitrogens is 2. The van der Waals surface area contributed by atoms with Crippen LogP contribution in [0.5, 0.6) is 0 Å². The van der Waals surface area contributed by atoms with E-state index in [1.807, 2.05) is 42.5 Å². The molecule has 2 amide bonds. The highest BCUT2D eigenvalue weighted by atomic mass is 16.2. The maximum Gasteiger partial charge on any atom is 0.248 e. The summed E-state index contributed by atoms with van der Waals surface area (Å²) in [7, 11) is 0. The minimum absolute atomic E-state index is 0.0228. The predicted octanol–water partition coefficient (Wildman–Crippen LogP) is 3.92. The summed E-state index contributed by atoms with van der Waals surface area (Å²) in [6.45, 7) is 7.58. The Morgan fingerprint density at radius 2 is 1.80 bits per heavy atom. The highest BCUT2D eigenvalue weighted by Crippen LogP contribution is 2.32. The number of nitrogens with one attached hydrogen (secondary N) is 2. The molecule has 35 heavy (non-hydrogen) atoms. The van der Waals surface area contributed by atoms with Gasteiger partial charge in [-0.2, -0.15) is 0 Å². The van der Waals surface area contributed by atoms with Gasteiger partial charge in [-0.3, -0.25) is 24.5 Å². The summed E-state index contributed by atoms with van der Waals surface area (Å²) in [6.07, 6.45) is 8.38. The second-order valence-electron chi connectivity index (χ2n) is 9.92. The lowest BCUT2D eigenvalue weighted by atomic mass is 9.87. The number of benzene rings is 1. The van der Waals surface area contributed by atoms with E-state index in [2.05, 4.69) is 41.4 Å². The number of carbonyl (C=O) groups excluding carboxylic acids is 2. The van der Waals surface area contributed by atoms with Gasteiger partial charge in [0.1, 0.15) is 6.04 Å². The van der Waals surface area contributed by atoms with Gasteiger partial charge in [-0.1, -0.05) is 39.0 Å². The summed E-state index contributed by atoms with van der Waals surface area (Å²) < 4.78 is 0. The molecule has 7 heteroatoms. The van der Waals surface area contributed by atoms with Gasteiger partial charge in [0.05, 0.1) is 6.04 Å². The topological polar surface area (TPSA) is 87.2 Å². The number of carbonyl (C=O) groups is 2. The first-order valence-electron chi connectivity index (χ1n) is 12.1. The Kier molecular flexibility index (Phi) is 7.56. The van der Waals surface area contributed by atoms with Gasteiger partial charge in [-0.05, 0) is 66.3 Å². The monoisotopic (exact) mass is 471 g/mol. The van der Waals surface area contributed by atoms with Crippen molar-refractivity contribution >= 4 is 17.5 Å². The number of anilines is 1. The van der Waals surface area contributed by atoms with E-state index in [9.17, 15) is 9.59 Å². The van der Waals surface area contributed by atoms with Crippen molar-refractivity contribution < 1.29 is 9.59 Å². The summed E-state index contributed by atoms with van der Waals surface area (Å²) in [5.74, 6) is -0.375. The van der Waals surface area contributed by atoms with Crippen LogP contribution in [0.1, 0.15) is 56.3 Å². The van der Waals surface area contributed by atoms with Crippen molar-refractivity contribution in [2.45, 2.75) is 57.7 Å². The van der Waals surface area contributed by atoms with Crippen molar-refractivity contribution in [1.29, 1.82) is 0 Å². The lowest BCUT2D eigenvalue weighted by molar-refractivity contribution is -0.127. The van der Waals surface area contributed by atoms with E-state index in [4.69, 9.17) is 0 Å². The largest absolute Gasteiger partial charge is 0.350 e. The van der Waals surface area contributed by atoms with E-state index in [1.54, 1.807) is 35.8 Å². The quantitative estimate of drug-likeness (QED) is 0.545. The molecule has 1 aliphatic heterocycles. The van der Waals surface area contributed by atoms with Crippen LogP contribution in [0, 0.1) is 0 Å². The van der Waals surface area contributed by atoms with Crippen molar-refractivity contribution in [3.8, 4) is 0 Å². The highest BCUT2D eigenvalue weighted by molar-refractivity contribution is 6.03. The van der Waals surface area contributed by atoms with Gasteiger partial charge in [-0.25, -0.2) is 0 Å². The maximum absolute atomic E-state index is 13.9. The molecular weight excluding hydrogens is 438 g/mol. The minimum Gasteiger partial charge on any atom is -0.350 e. The van der Waals surface area contributed by atoms with Gasteiger partial charge in [-0.15, -0.1) is 0 Å². The molecule has 0 bridgehead atoms. The van der Waals surface area contributed by atoms with Gasteiger partial charge < -0.3 is 10.6 Å². The average Bonchev–Trinajstić information content (AvgIpc) is 3.41. The van der Waals surface area contributed by atoms with Crippen LogP contribution < -0.4 is 15.5 Å². The SMILES string of the molecule is CC(C)(C)c1ccc(N(C(=O)C2CCCN2)C(C(=O)NCc2ccncc2)c2cccnc2)cc1. The van der Waals surface area contributed by atoms with Crippen molar-refractivity contribution in [2.24, 2.45) is 0 Å². The van der Waals surface area contributed by atoms with Crippen molar-refractivity contribution in [3.63, 3.8) is 0 Å². The fourth-order valence-electron chi connectivity index (χ4n) is 4.33. The van der Waals surface area contributed by atoms with Crippen LogP contribution in [0.3, 0.4) is 0 Å². The number of nitrogens with zero attached hydrogens (tertiary/aromatic N) is 3. The van der Waals surface area contributed by atoms with Gasteiger partial charge in [0, 0.05) is 42.6 Å². The van der Waals surface area contributed by atoms with Crippen LogP contribution in [0.15, 0.2) is 73.3 Å². The molecule has 0 spiro atoms. The van der Waals surface area contributed by atoms with Crippen molar-refractivity contribution in [3.05, 3.63) is 90.0 Å². The third-order valence-corrected chi connectivity index (χ3v) is 6.33. The van der Waals surface area contributed by atoms with E-state index >= 15 is 0 Å². The van der Waals surface area contributed by atoms with E-state index in [-0.39, 0.29) is 23.3 Å². The fourth-order valence-corrected chi connectivity index (χ4v) is 4.33. The summed E-state index contributed by atoms with van der Waals surface area (Å²) in [6, 6.07) is 14.1. The number of rotatable bonds is 7. The fraction of sp³-hybridized carbons (Fsp3) is 0.357. The van der Waals surface area contributed by atoms with Crippen LogP contribution >= 0.6 is 0 Å². The molecule has 0 aliphatic carbocycles. The first kappa shape index (κ1) is 24.5. The molecule has 4 rings (SSSR count). The molecular formula is C28H33N5O2. The van der Waals surface area contributed by atoms with Crippen LogP contribution in [0.2, 0.25) is 0 Å².